The number of carbonyl (C=O) groups is 1. The Morgan fingerprint density at radius 1 is 1.36 bits per heavy atom. The van der Waals surface area contributed by atoms with Crippen LogP contribution in [0.15, 0.2) is 23.1 Å². The van der Waals surface area contributed by atoms with Crippen LogP contribution in [0.4, 0.5) is 4.39 Å². The van der Waals surface area contributed by atoms with E-state index in [2.05, 4.69) is 0 Å². The predicted molar refractivity (Wildman–Crippen MR) is 102 cm³/mol. The molecule has 2 aliphatic carbocycles. The van der Waals surface area contributed by atoms with Crippen LogP contribution in [0.2, 0.25) is 5.02 Å². The van der Waals surface area contributed by atoms with E-state index in [1.165, 1.54) is 19.0 Å². The molecule has 1 aliphatic heterocycles. The number of hydrogen-bond donors (Lipinski definition) is 1. The lowest BCUT2D eigenvalue weighted by Gasteiger charge is -2.48. The molecule has 7 heteroatoms. The van der Waals surface area contributed by atoms with E-state index in [-0.39, 0.29) is 5.69 Å². The molecule has 3 aliphatic rings. The van der Waals surface area contributed by atoms with Gasteiger partial charge in [-0.25, -0.2) is 9.18 Å². The topological polar surface area (TPSA) is 68.5 Å². The van der Waals surface area contributed by atoms with E-state index in [1.807, 2.05) is 6.07 Å². The van der Waals surface area contributed by atoms with E-state index >= 15 is 4.39 Å². The van der Waals surface area contributed by atoms with Gasteiger partial charge in [-0.3, -0.25) is 4.79 Å². The van der Waals surface area contributed by atoms with Crippen LogP contribution >= 0.6 is 11.6 Å². The van der Waals surface area contributed by atoms with Crippen LogP contribution in [0.1, 0.15) is 48.0 Å². The van der Waals surface area contributed by atoms with Gasteiger partial charge in [-0.05, 0) is 62.1 Å². The van der Waals surface area contributed by atoms with Gasteiger partial charge in [0.25, 0.3) is 0 Å². The van der Waals surface area contributed by atoms with Crippen molar-refractivity contribution in [3.63, 3.8) is 0 Å². The molecule has 28 heavy (non-hydrogen) atoms. The van der Waals surface area contributed by atoms with Crippen molar-refractivity contribution < 1.29 is 19.0 Å². The number of hydrogen-bond acceptors (Lipinski definition) is 3. The highest BCUT2D eigenvalue weighted by Gasteiger charge is 2.45. The summed E-state index contributed by atoms with van der Waals surface area (Å²) in [6.45, 7) is 0.621. The number of rotatable bonds is 4. The summed E-state index contributed by atoms with van der Waals surface area (Å²) in [5.41, 5.74) is -0.476. The maximum Gasteiger partial charge on any atom is 0.341 e. The molecule has 0 unspecified atom stereocenters. The second-order valence-corrected chi connectivity index (χ2v) is 8.57. The molecule has 2 heterocycles. The minimum absolute atomic E-state index is 0.131. The van der Waals surface area contributed by atoms with Crippen molar-refractivity contribution in [1.82, 2.24) is 4.57 Å². The fraction of sp³-hybridized carbons (Fsp3) is 0.429. The van der Waals surface area contributed by atoms with Gasteiger partial charge in [-0.2, -0.15) is 0 Å². The highest BCUT2D eigenvalue weighted by molar-refractivity contribution is 6.32. The Hall–Kier alpha value is -2.34. The number of fused-ring (bicyclic) bond motifs is 4. The largest absolute Gasteiger partial charge is 0.492 e. The molecule has 2 saturated carbocycles. The van der Waals surface area contributed by atoms with Crippen LogP contribution in [-0.4, -0.2) is 22.2 Å². The molecule has 0 saturated heterocycles. The summed E-state index contributed by atoms with van der Waals surface area (Å²) < 4.78 is 22.6. The van der Waals surface area contributed by atoms with Crippen LogP contribution in [0, 0.1) is 11.7 Å². The van der Waals surface area contributed by atoms with Crippen LogP contribution in [0.5, 0.6) is 5.75 Å². The zero-order valence-electron chi connectivity index (χ0n) is 15.1. The quantitative estimate of drug-likeness (QED) is 0.829. The lowest BCUT2D eigenvalue weighted by molar-refractivity contribution is 0.0690. The first-order valence-electron chi connectivity index (χ1n) is 9.54. The van der Waals surface area contributed by atoms with Gasteiger partial charge in [0.05, 0.1) is 17.3 Å². The van der Waals surface area contributed by atoms with E-state index in [4.69, 9.17) is 16.3 Å². The molecule has 1 aromatic heterocycles. The molecule has 146 valence electrons. The normalized spacial score (nSPS) is 18.9. The lowest BCUT2D eigenvalue weighted by Crippen LogP contribution is -2.47. The lowest BCUT2D eigenvalue weighted by atomic mass is 9.69. The van der Waals surface area contributed by atoms with Crippen molar-refractivity contribution in [2.24, 2.45) is 5.92 Å². The highest BCUT2D eigenvalue weighted by Crippen LogP contribution is 2.50. The average Bonchev–Trinajstić information content (AvgIpc) is 3.44. The summed E-state index contributed by atoms with van der Waals surface area (Å²) in [7, 11) is 0. The Labute approximate surface area is 165 Å². The number of halogens is 2. The number of nitrogens with zero attached hydrogens (tertiary/aromatic N) is 1. The van der Waals surface area contributed by atoms with Gasteiger partial charge in [0.15, 0.2) is 5.82 Å². The second-order valence-electron chi connectivity index (χ2n) is 8.16. The first-order valence-corrected chi connectivity index (χ1v) is 9.92. The number of pyridine rings is 1. The molecule has 0 radical (unpaired) electrons. The number of carboxylic acids is 1. The monoisotopic (exact) mass is 403 g/mol. The smallest absolute Gasteiger partial charge is 0.341 e. The molecule has 1 spiro atoms. The first kappa shape index (κ1) is 17.7. The molecule has 0 bridgehead atoms. The average molecular weight is 404 g/mol. The van der Waals surface area contributed by atoms with Gasteiger partial charge in [0.1, 0.15) is 11.3 Å². The first-order chi connectivity index (χ1) is 13.4. The summed E-state index contributed by atoms with van der Waals surface area (Å²) in [5, 5.41) is 9.69. The van der Waals surface area contributed by atoms with Crippen LogP contribution in [0.25, 0.3) is 11.3 Å². The molecular formula is C21H19ClFNO4. The Bertz CT molecular complexity index is 1070. The van der Waals surface area contributed by atoms with Crippen LogP contribution in [0.3, 0.4) is 0 Å². The molecule has 5 nitrogen and oxygen atoms in total. The third-order valence-corrected chi connectivity index (χ3v) is 6.58. The standard InChI is InChI=1S/C21H19ClFNO4/c22-15-7-13-12(6-16(15)28-10-11-2-3-11)8-21(4-1-5-21)24-9-14(20(26)27)19(25)17(23)18(13)24/h6-7,9,11H,1-5,8,10H2,(H,26,27). The molecule has 1 aromatic carbocycles. The van der Waals surface area contributed by atoms with Gasteiger partial charge in [-0.1, -0.05) is 11.6 Å². The second kappa shape index (κ2) is 6.08. The third kappa shape index (κ3) is 2.58. The van der Waals surface area contributed by atoms with E-state index in [0.29, 0.717) is 35.3 Å². The number of aromatic nitrogens is 1. The number of ether oxygens (including phenoxy) is 1. The zero-order valence-corrected chi connectivity index (χ0v) is 15.9. The molecule has 0 amide bonds. The van der Waals surface area contributed by atoms with Gasteiger partial charge in [0.2, 0.25) is 5.43 Å². The van der Waals surface area contributed by atoms with E-state index in [9.17, 15) is 14.7 Å². The Balaban J connectivity index is 1.69. The minimum Gasteiger partial charge on any atom is -0.492 e. The van der Waals surface area contributed by atoms with Gasteiger partial charge < -0.3 is 14.4 Å². The van der Waals surface area contributed by atoms with Crippen molar-refractivity contribution in [3.8, 4) is 17.0 Å². The summed E-state index contributed by atoms with van der Waals surface area (Å²) in [4.78, 5) is 23.8. The molecule has 2 fully saturated rings. The minimum atomic E-state index is -1.42. The summed E-state index contributed by atoms with van der Waals surface area (Å²) in [6, 6.07) is 3.50. The molecule has 2 aromatic rings. The van der Waals surface area contributed by atoms with Gasteiger partial charge >= 0.3 is 5.97 Å². The number of benzene rings is 1. The number of aromatic carboxylic acids is 1. The van der Waals surface area contributed by atoms with Crippen LogP contribution in [-0.2, 0) is 12.0 Å². The third-order valence-electron chi connectivity index (χ3n) is 6.28. The SMILES string of the molecule is O=C(O)c1cn2c(c(F)c1=O)-c1cc(Cl)c(OCC3CC3)cc1CC21CCC1. The maximum atomic E-state index is 15.1. The van der Waals surface area contributed by atoms with E-state index in [0.717, 1.165) is 24.8 Å². The van der Waals surface area contributed by atoms with Crippen molar-refractivity contribution in [2.75, 3.05) is 6.61 Å². The maximum absolute atomic E-state index is 15.1. The van der Waals surface area contributed by atoms with E-state index in [1.54, 1.807) is 10.6 Å². The molecular weight excluding hydrogens is 385 g/mol. The van der Waals surface area contributed by atoms with Crippen molar-refractivity contribution >= 4 is 17.6 Å². The predicted octanol–water partition coefficient (Wildman–Crippen LogP) is 4.23. The summed E-state index contributed by atoms with van der Waals surface area (Å²) >= 11 is 6.40. The summed E-state index contributed by atoms with van der Waals surface area (Å²) in [5.74, 6) is -1.28. The van der Waals surface area contributed by atoms with Crippen LogP contribution < -0.4 is 10.2 Å². The highest BCUT2D eigenvalue weighted by atomic mass is 35.5. The van der Waals surface area contributed by atoms with E-state index < -0.39 is 28.3 Å². The fourth-order valence-corrected chi connectivity index (χ4v) is 4.58. The van der Waals surface area contributed by atoms with Crippen molar-refractivity contribution in [1.29, 1.82) is 0 Å². The zero-order chi connectivity index (χ0) is 19.6. The summed E-state index contributed by atoms with van der Waals surface area (Å²) in [6.07, 6.45) is 6.86. The Kier molecular flexibility index (Phi) is 3.85. The van der Waals surface area contributed by atoms with Crippen molar-refractivity contribution in [2.45, 2.75) is 44.1 Å². The molecule has 5 rings (SSSR count). The van der Waals surface area contributed by atoms with Gasteiger partial charge in [-0.15, -0.1) is 0 Å². The molecule has 1 N–H and O–H groups in total. The van der Waals surface area contributed by atoms with Gasteiger partial charge in [0, 0.05) is 17.3 Å². The Morgan fingerprint density at radius 2 is 2.11 bits per heavy atom. The molecule has 0 atom stereocenters. The number of carboxylic acid groups (broad SMARTS) is 1. The Morgan fingerprint density at radius 3 is 2.71 bits per heavy atom. The fourth-order valence-electron chi connectivity index (χ4n) is 4.37. The van der Waals surface area contributed by atoms with Crippen molar-refractivity contribution in [3.05, 3.63) is 50.5 Å².